The van der Waals surface area contributed by atoms with Crippen LogP contribution in [0.5, 0.6) is 5.75 Å². The fourth-order valence-corrected chi connectivity index (χ4v) is 2.61. The van der Waals surface area contributed by atoms with Crippen molar-refractivity contribution in [1.82, 2.24) is 4.90 Å². The van der Waals surface area contributed by atoms with E-state index in [-0.39, 0.29) is 11.8 Å². The van der Waals surface area contributed by atoms with Crippen LogP contribution < -0.4 is 4.74 Å². The standard InChI is InChI=1S/C15H21NO2/c1-12(17)11-15(16-9-3-4-10-16)13-5-7-14(18-2)8-6-13/h5-8,15H,3-4,9-11H2,1-2H3. The Morgan fingerprint density at radius 2 is 1.89 bits per heavy atom. The molecule has 0 bridgehead atoms. The van der Waals surface area contributed by atoms with Crippen LogP contribution in [-0.4, -0.2) is 30.9 Å². The van der Waals surface area contributed by atoms with E-state index in [0.717, 1.165) is 18.8 Å². The third-order valence-corrected chi connectivity index (χ3v) is 3.56. The molecule has 1 atom stereocenters. The van der Waals surface area contributed by atoms with Gasteiger partial charge < -0.3 is 4.74 Å². The van der Waals surface area contributed by atoms with Gasteiger partial charge in [-0.15, -0.1) is 0 Å². The van der Waals surface area contributed by atoms with Gasteiger partial charge in [0.15, 0.2) is 0 Å². The number of hydrogen-bond donors (Lipinski definition) is 0. The normalized spacial score (nSPS) is 17.7. The summed E-state index contributed by atoms with van der Waals surface area (Å²) in [6, 6.07) is 8.32. The summed E-state index contributed by atoms with van der Waals surface area (Å²) >= 11 is 0. The van der Waals surface area contributed by atoms with E-state index in [9.17, 15) is 4.79 Å². The number of ether oxygens (including phenoxy) is 1. The SMILES string of the molecule is COc1ccc(C(CC(C)=O)N2CCCC2)cc1. The predicted molar refractivity (Wildman–Crippen MR) is 71.8 cm³/mol. The summed E-state index contributed by atoms with van der Waals surface area (Å²) in [5, 5.41) is 0. The Kier molecular flexibility index (Phi) is 4.37. The average Bonchev–Trinajstić information content (AvgIpc) is 2.89. The molecule has 1 aromatic carbocycles. The lowest BCUT2D eigenvalue weighted by molar-refractivity contribution is -0.118. The molecule has 1 unspecified atom stereocenters. The van der Waals surface area contributed by atoms with Gasteiger partial charge in [-0.1, -0.05) is 12.1 Å². The second-order valence-electron chi connectivity index (χ2n) is 4.94. The minimum atomic E-state index is 0.232. The summed E-state index contributed by atoms with van der Waals surface area (Å²) in [5.74, 6) is 1.12. The van der Waals surface area contributed by atoms with Crippen molar-refractivity contribution in [2.24, 2.45) is 0 Å². The van der Waals surface area contributed by atoms with Crippen LogP contribution >= 0.6 is 0 Å². The first-order chi connectivity index (χ1) is 8.70. The van der Waals surface area contributed by atoms with E-state index >= 15 is 0 Å². The van der Waals surface area contributed by atoms with Gasteiger partial charge in [-0.05, 0) is 50.6 Å². The molecular formula is C15H21NO2. The van der Waals surface area contributed by atoms with Crippen molar-refractivity contribution in [3.8, 4) is 5.75 Å². The minimum Gasteiger partial charge on any atom is -0.497 e. The molecule has 0 amide bonds. The van der Waals surface area contributed by atoms with Crippen LogP contribution in [0.3, 0.4) is 0 Å². The van der Waals surface area contributed by atoms with E-state index in [1.54, 1.807) is 14.0 Å². The van der Waals surface area contributed by atoms with Crippen LogP contribution in [0, 0.1) is 0 Å². The lowest BCUT2D eigenvalue weighted by Crippen LogP contribution is -2.27. The molecule has 3 nitrogen and oxygen atoms in total. The monoisotopic (exact) mass is 247 g/mol. The zero-order chi connectivity index (χ0) is 13.0. The number of benzene rings is 1. The molecule has 1 heterocycles. The predicted octanol–water partition coefficient (Wildman–Crippen LogP) is 2.81. The molecule has 0 saturated carbocycles. The molecule has 98 valence electrons. The fraction of sp³-hybridized carbons (Fsp3) is 0.533. The van der Waals surface area contributed by atoms with Crippen LogP contribution in [-0.2, 0) is 4.79 Å². The molecule has 0 aromatic heterocycles. The summed E-state index contributed by atoms with van der Waals surface area (Å²) in [6.45, 7) is 3.88. The Morgan fingerprint density at radius 1 is 1.28 bits per heavy atom. The Labute approximate surface area is 109 Å². The number of carbonyl (C=O) groups excluding carboxylic acids is 1. The summed E-state index contributed by atoms with van der Waals surface area (Å²) in [4.78, 5) is 13.9. The summed E-state index contributed by atoms with van der Waals surface area (Å²) < 4.78 is 5.17. The van der Waals surface area contributed by atoms with Gasteiger partial charge in [0.05, 0.1) is 7.11 Å². The van der Waals surface area contributed by atoms with Gasteiger partial charge in [0.1, 0.15) is 11.5 Å². The number of ketones is 1. The molecule has 18 heavy (non-hydrogen) atoms. The molecule has 3 heteroatoms. The smallest absolute Gasteiger partial charge is 0.131 e. The van der Waals surface area contributed by atoms with Gasteiger partial charge in [0, 0.05) is 12.5 Å². The summed E-state index contributed by atoms with van der Waals surface area (Å²) in [6.07, 6.45) is 3.08. The van der Waals surface area contributed by atoms with Crippen LogP contribution in [0.2, 0.25) is 0 Å². The molecule has 1 aliphatic heterocycles. The number of nitrogens with zero attached hydrogens (tertiary/aromatic N) is 1. The van der Waals surface area contributed by atoms with Gasteiger partial charge in [-0.25, -0.2) is 0 Å². The average molecular weight is 247 g/mol. The maximum Gasteiger partial charge on any atom is 0.131 e. The highest BCUT2D eigenvalue weighted by Gasteiger charge is 2.24. The first kappa shape index (κ1) is 13.1. The molecule has 2 rings (SSSR count). The summed E-state index contributed by atoms with van der Waals surface area (Å²) in [5.41, 5.74) is 1.22. The Morgan fingerprint density at radius 3 is 2.39 bits per heavy atom. The van der Waals surface area contributed by atoms with Crippen molar-refractivity contribution in [2.45, 2.75) is 32.2 Å². The molecular weight excluding hydrogens is 226 g/mol. The first-order valence-corrected chi connectivity index (χ1v) is 6.58. The highest BCUT2D eigenvalue weighted by atomic mass is 16.5. The van der Waals surface area contributed by atoms with Gasteiger partial charge >= 0.3 is 0 Å². The highest BCUT2D eigenvalue weighted by Crippen LogP contribution is 2.29. The van der Waals surface area contributed by atoms with Crippen LogP contribution in [0.4, 0.5) is 0 Å². The van der Waals surface area contributed by atoms with E-state index in [2.05, 4.69) is 17.0 Å². The zero-order valence-electron chi connectivity index (χ0n) is 11.2. The lowest BCUT2D eigenvalue weighted by Gasteiger charge is -2.27. The van der Waals surface area contributed by atoms with Gasteiger partial charge in [-0.2, -0.15) is 0 Å². The maximum atomic E-state index is 11.5. The largest absolute Gasteiger partial charge is 0.497 e. The number of methoxy groups -OCH3 is 1. The molecule has 0 spiro atoms. The lowest BCUT2D eigenvalue weighted by atomic mass is 10.0. The fourth-order valence-electron chi connectivity index (χ4n) is 2.61. The number of likely N-dealkylation sites (tertiary alicyclic amines) is 1. The molecule has 0 aliphatic carbocycles. The van der Waals surface area contributed by atoms with E-state index in [1.165, 1.54) is 18.4 Å². The Bertz CT molecular complexity index is 393. The Balaban J connectivity index is 2.17. The third-order valence-electron chi connectivity index (χ3n) is 3.56. The van der Waals surface area contributed by atoms with Crippen molar-refractivity contribution >= 4 is 5.78 Å². The van der Waals surface area contributed by atoms with Crippen molar-refractivity contribution in [3.63, 3.8) is 0 Å². The van der Waals surface area contributed by atoms with Crippen molar-refractivity contribution < 1.29 is 9.53 Å². The molecule has 0 radical (unpaired) electrons. The molecule has 1 fully saturated rings. The van der Waals surface area contributed by atoms with Crippen molar-refractivity contribution in [1.29, 1.82) is 0 Å². The van der Waals surface area contributed by atoms with Crippen molar-refractivity contribution in [2.75, 3.05) is 20.2 Å². The quantitative estimate of drug-likeness (QED) is 0.801. The van der Waals surface area contributed by atoms with Gasteiger partial charge in [0.25, 0.3) is 0 Å². The number of Topliss-reactive ketones (excluding diaryl/α,β-unsaturated/α-hetero) is 1. The van der Waals surface area contributed by atoms with Crippen molar-refractivity contribution in [3.05, 3.63) is 29.8 Å². The zero-order valence-corrected chi connectivity index (χ0v) is 11.2. The van der Waals surface area contributed by atoms with E-state index < -0.39 is 0 Å². The van der Waals surface area contributed by atoms with Crippen LogP contribution in [0.25, 0.3) is 0 Å². The first-order valence-electron chi connectivity index (χ1n) is 6.58. The van der Waals surface area contributed by atoms with Gasteiger partial charge in [0.2, 0.25) is 0 Å². The number of carbonyl (C=O) groups is 1. The third kappa shape index (κ3) is 3.10. The van der Waals surface area contributed by atoms with E-state index in [0.29, 0.717) is 6.42 Å². The Hall–Kier alpha value is -1.35. The van der Waals surface area contributed by atoms with Crippen LogP contribution in [0.15, 0.2) is 24.3 Å². The number of rotatable bonds is 5. The summed E-state index contributed by atoms with van der Waals surface area (Å²) in [7, 11) is 1.67. The number of hydrogen-bond acceptors (Lipinski definition) is 3. The second-order valence-corrected chi connectivity index (χ2v) is 4.94. The molecule has 0 N–H and O–H groups in total. The maximum absolute atomic E-state index is 11.5. The minimum absolute atomic E-state index is 0.232. The molecule has 1 saturated heterocycles. The van der Waals surface area contributed by atoms with Gasteiger partial charge in [-0.3, -0.25) is 9.69 Å². The molecule has 1 aliphatic rings. The van der Waals surface area contributed by atoms with E-state index in [4.69, 9.17) is 4.74 Å². The highest BCUT2D eigenvalue weighted by molar-refractivity contribution is 5.76. The topological polar surface area (TPSA) is 29.5 Å². The van der Waals surface area contributed by atoms with Crippen LogP contribution in [0.1, 0.15) is 37.8 Å². The molecule has 1 aromatic rings. The second kappa shape index (κ2) is 6.01. The van der Waals surface area contributed by atoms with E-state index in [1.807, 2.05) is 12.1 Å².